The summed E-state index contributed by atoms with van der Waals surface area (Å²) in [5.41, 5.74) is 3.86. The highest BCUT2D eigenvalue weighted by atomic mass is 15.0. The van der Waals surface area contributed by atoms with Crippen LogP contribution < -0.4 is 0 Å². The van der Waals surface area contributed by atoms with E-state index in [9.17, 15) is 0 Å². The summed E-state index contributed by atoms with van der Waals surface area (Å²) in [6.45, 7) is 0.966. The summed E-state index contributed by atoms with van der Waals surface area (Å²) in [6, 6.07) is 4.20. The van der Waals surface area contributed by atoms with Crippen LogP contribution in [0.5, 0.6) is 0 Å². The lowest BCUT2D eigenvalue weighted by molar-refractivity contribution is 0.783. The molecule has 2 aliphatic heterocycles. The third-order valence-electron chi connectivity index (χ3n) is 2.32. The smallest absolute Gasteiger partial charge is 0.0497 e. The lowest BCUT2D eigenvalue weighted by Crippen LogP contribution is -2.07. The van der Waals surface area contributed by atoms with Gasteiger partial charge in [-0.05, 0) is 23.8 Å². The van der Waals surface area contributed by atoms with Crippen LogP contribution in [0.2, 0.25) is 0 Å². The Bertz CT molecular complexity index is 419. The van der Waals surface area contributed by atoms with Gasteiger partial charge in [0.1, 0.15) is 0 Å². The second kappa shape index (κ2) is 1.97. The van der Waals surface area contributed by atoms with Crippen molar-refractivity contribution in [2.75, 3.05) is 0 Å². The number of aliphatic imine (C=N–C) groups is 1. The van der Waals surface area contributed by atoms with Crippen LogP contribution >= 0.6 is 0 Å². The lowest BCUT2D eigenvalue weighted by Gasteiger charge is -2.14. The molecule has 2 heteroatoms. The van der Waals surface area contributed by atoms with Crippen molar-refractivity contribution >= 4 is 12.3 Å². The number of rotatable bonds is 0. The molecule has 0 saturated heterocycles. The van der Waals surface area contributed by atoms with Gasteiger partial charge in [-0.15, -0.1) is 0 Å². The van der Waals surface area contributed by atoms with Crippen LogP contribution in [0.4, 0.5) is 0 Å². The summed E-state index contributed by atoms with van der Waals surface area (Å²) >= 11 is 0. The molecule has 12 heavy (non-hydrogen) atoms. The third-order valence-corrected chi connectivity index (χ3v) is 2.32. The molecule has 1 aromatic rings. The molecule has 0 aromatic carbocycles. The van der Waals surface area contributed by atoms with Crippen LogP contribution in [-0.2, 0) is 6.54 Å². The fourth-order valence-electron chi connectivity index (χ4n) is 1.67. The first kappa shape index (κ1) is 6.00. The van der Waals surface area contributed by atoms with Crippen LogP contribution in [0.15, 0.2) is 40.7 Å². The first-order valence-electron chi connectivity index (χ1n) is 4.03. The normalized spacial score (nSPS) is 18.3. The molecule has 0 radical (unpaired) electrons. The van der Waals surface area contributed by atoms with E-state index in [4.69, 9.17) is 0 Å². The molecule has 2 aliphatic rings. The standard InChI is InChI=1S/C10H8N2/c1-2-10-4-8-5-11-6-9(8)7-12(10)3-1/h1-6H,7H2. The summed E-state index contributed by atoms with van der Waals surface area (Å²) in [6.07, 6.45) is 8.13. The van der Waals surface area contributed by atoms with Crippen molar-refractivity contribution in [1.29, 1.82) is 0 Å². The van der Waals surface area contributed by atoms with Gasteiger partial charge in [-0.1, -0.05) is 0 Å². The van der Waals surface area contributed by atoms with Gasteiger partial charge in [0.15, 0.2) is 0 Å². The number of aromatic nitrogens is 1. The highest BCUT2D eigenvalue weighted by Gasteiger charge is 2.14. The fraction of sp³-hybridized carbons (Fsp3) is 0.100. The fourth-order valence-corrected chi connectivity index (χ4v) is 1.67. The molecule has 3 heterocycles. The van der Waals surface area contributed by atoms with E-state index in [2.05, 4.69) is 34.0 Å². The first-order chi connectivity index (χ1) is 5.93. The van der Waals surface area contributed by atoms with Crippen LogP contribution in [-0.4, -0.2) is 10.8 Å². The molecule has 0 saturated carbocycles. The van der Waals surface area contributed by atoms with Crippen LogP contribution in [0.25, 0.3) is 6.08 Å². The Morgan fingerprint density at radius 1 is 1.42 bits per heavy atom. The van der Waals surface area contributed by atoms with Gasteiger partial charge >= 0.3 is 0 Å². The Balaban J connectivity index is 2.23. The van der Waals surface area contributed by atoms with Gasteiger partial charge in [0.25, 0.3) is 0 Å². The summed E-state index contributed by atoms with van der Waals surface area (Å²) in [4.78, 5) is 4.12. The minimum atomic E-state index is 0.966. The minimum Gasteiger partial charge on any atom is -0.343 e. The molecule has 0 spiro atoms. The Morgan fingerprint density at radius 3 is 3.42 bits per heavy atom. The molecular weight excluding hydrogens is 148 g/mol. The van der Waals surface area contributed by atoms with E-state index < -0.39 is 0 Å². The van der Waals surface area contributed by atoms with Crippen LogP contribution in [0.1, 0.15) is 5.69 Å². The molecule has 0 N–H and O–H groups in total. The Labute approximate surface area is 70.5 Å². The summed E-state index contributed by atoms with van der Waals surface area (Å²) in [7, 11) is 0. The zero-order valence-corrected chi connectivity index (χ0v) is 6.57. The molecule has 3 rings (SSSR count). The number of hydrogen-bond acceptors (Lipinski definition) is 1. The monoisotopic (exact) mass is 156 g/mol. The highest BCUT2D eigenvalue weighted by Crippen LogP contribution is 2.25. The van der Waals surface area contributed by atoms with Crippen LogP contribution in [0, 0.1) is 0 Å². The molecule has 0 atom stereocenters. The minimum absolute atomic E-state index is 0.966. The quantitative estimate of drug-likeness (QED) is 0.545. The number of hydrogen-bond donors (Lipinski definition) is 0. The average Bonchev–Trinajstić information content (AvgIpc) is 2.64. The van der Waals surface area contributed by atoms with Gasteiger partial charge in [-0.25, -0.2) is 0 Å². The van der Waals surface area contributed by atoms with Gasteiger partial charge in [0.2, 0.25) is 0 Å². The number of allylic oxidation sites excluding steroid dienone is 2. The zero-order chi connectivity index (χ0) is 7.97. The first-order valence-corrected chi connectivity index (χ1v) is 4.03. The Morgan fingerprint density at radius 2 is 2.42 bits per heavy atom. The zero-order valence-electron chi connectivity index (χ0n) is 6.57. The molecule has 1 aromatic heterocycles. The van der Waals surface area contributed by atoms with E-state index in [0.29, 0.717) is 0 Å². The Kier molecular flexibility index (Phi) is 0.987. The van der Waals surface area contributed by atoms with E-state index >= 15 is 0 Å². The maximum atomic E-state index is 4.12. The van der Waals surface area contributed by atoms with Gasteiger partial charge < -0.3 is 4.57 Å². The van der Waals surface area contributed by atoms with Crippen molar-refractivity contribution < 1.29 is 0 Å². The molecule has 58 valence electrons. The number of nitrogens with zero attached hydrogens (tertiary/aromatic N) is 2. The second-order valence-corrected chi connectivity index (χ2v) is 3.09. The van der Waals surface area contributed by atoms with E-state index in [1.165, 1.54) is 16.8 Å². The molecule has 0 unspecified atom stereocenters. The van der Waals surface area contributed by atoms with E-state index in [1.54, 1.807) is 0 Å². The predicted molar refractivity (Wildman–Crippen MR) is 49.0 cm³/mol. The van der Waals surface area contributed by atoms with E-state index in [1.807, 2.05) is 12.4 Å². The van der Waals surface area contributed by atoms with Crippen molar-refractivity contribution in [3.05, 3.63) is 41.4 Å². The molecular formula is C10H8N2. The maximum absolute atomic E-state index is 4.12. The SMILES string of the molecule is C1=NC=C2Cn3cccc3C=C12. The average molecular weight is 156 g/mol. The molecule has 0 bridgehead atoms. The third kappa shape index (κ3) is 0.666. The topological polar surface area (TPSA) is 17.3 Å². The summed E-state index contributed by atoms with van der Waals surface area (Å²) < 4.78 is 2.23. The Hall–Kier alpha value is -1.57. The number of fused-ring (bicyclic) bond motifs is 2. The van der Waals surface area contributed by atoms with Gasteiger partial charge in [-0.2, -0.15) is 0 Å². The lowest BCUT2D eigenvalue weighted by atomic mass is 10.1. The van der Waals surface area contributed by atoms with Gasteiger partial charge in [0.05, 0.1) is 0 Å². The molecule has 2 nitrogen and oxygen atoms in total. The van der Waals surface area contributed by atoms with Crippen molar-refractivity contribution in [2.45, 2.75) is 6.54 Å². The second-order valence-electron chi connectivity index (χ2n) is 3.09. The van der Waals surface area contributed by atoms with E-state index in [0.717, 1.165) is 6.54 Å². The molecule has 0 fully saturated rings. The maximum Gasteiger partial charge on any atom is 0.0497 e. The highest BCUT2D eigenvalue weighted by molar-refractivity contribution is 5.94. The summed E-state index contributed by atoms with van der Waals surface area (Å²) in [5, 5.41) is 0. The van der Waals surface area contributed by atoms with Gasteiger partial charge in [-0.3, -0.25) is 4.99 Å². The molecule has 0 amide bonds. The van der Waals surface area contributed by atoms with Crippen LogP contribution in [0.3, 0.4) is 0 Å². The summed E-state index contributed by atoms with van der Waals surface area (Å²) in [5.74, 6) is 0. The van der Waals surface area contributed by atoms with Gasteiger partial charge in [0, 0.05) is 36.4 Å². The van der Waals surface area contributed by atoms with E-state index in [-0.39, 0.29) is 0 Å². The van der Waals surface area contributed by atoms with Crippen molar-refractivity contribution in [3.63, 3.8) is 0 Å². The van der Waals surface area contributed by atoms with Crippen molar-refractivity contribution in [3.8, 4) is 0 Å². The van der Waals surface area contributed by atoms with Crippen molar-refractivity contribution in [2.24, 2.45) is 4.99 Å². The van der Waals surface area contributed by atoms with Crippen molar-refractivity contribution in [1.82, 2.24) is 4.57 Å². The predicted octanol–water partition coefficient (Wildman–Crippen LogP) is 1.85. The largest absolute Gasteiger partial charge is 0.343 e. The molecule has 0 aliphatic carbocycles.